The molecule has 2 aromatic carbocycles. The van der Waals surface area contributed by atoms with Gasteiger partial charge in [0.15, 0.2) is 0 Å². The molecule has 4 nitrogen and oxygen atoms in total. The van der Waals surface area contributed by atoms with Gasteiger partial charge in [-0.1, -0.05) is 36.0 Å². The Morgan fingerprint density at radius 1 is 1.26 bits per heavy atom. The van der Waals surface area contributed by atoms with Crippen LogP contribution in [0.4, 0.5) is 0 Å². The van der Waals surface area contributed by atoms with Crippen LogP contribution < -0.4 is 4.74 Å². The van der Waals surface area contributed by atoms with Gasteiger partial charge in [-0.25, -0.2) is 0 Å². The fraction of sp³-hybridized carbons (Fsp3) is 0.364. The van der Waals surface area contributed by atoms with Gasteiger partial charge in [-0.2, -0.15) is 10.4 Å². The summed E-state index contributed by atoms with van der Waals surface area (Å²) in [4.78, 5) is 0. The number of rotatable bonds is 4. The van der Waals surface area contributed by atoms with E-state index >= 15 is 0 Å². The molecule has 4 rings (SSSR count). The van der Waals surface area contributed by atoms with Crippen LogP contribution in [0.15, 0.2) is 41.5 Å². The molecule has 0 amide bonds. The minimum absolute atomic E-state index is 0.0431. The maximum atomic E-state index is 9.52. The number of nitrogens with zero attached hydrogens (tertiary/aromatic N) is 3. The van der Waals surface area contributed by atoms with Crippen molar-refractivity contribution in [1.82, 2.24) is 5.01 Å². The minimum Gasteiger partial charge on any atom is -0.490 e. The molecule has 1 heterocycles. The number of ether oxygens (including phenoxy) is 1. The highest BCUT2D eigenvalue weighted by atomic mass is 32.2. The highest BCUT2D eigenvalue weighted by Crippen LogP contribution is 2.42. The Morgan fingerprint density at radius 3 is 2.89 bits per heavy atom. The van der Waals surface area contributed by atoms with E-state index < -0.39 is 0 Å². The molecule has 0 radical (unpaired) electrons. The first kappa shape index (κ1) is 17.9. The van der Waals surface area contributed by atoms with Crippen molar-refractivity contribution in [2.75, 3.05) is 7.05 Å². The van der Waals surface area contributed by atoms with E-state index in [4.69, 9.17) is 9.84 Å². The van der Waals surface area contributed by atoms with Crippen LogP contribution in [-0.4, -0.2) is 23.2 Å². The Bertz CT molecular complexity index is 945. The van der Waals surface area contributed by atoms with E-state index in [1.165, 1.54) is 29.5 Å². The average Bonchev–Trinajstić information content (AvgIpc) is 3.28. The number of thioether (sulfide) groups is 1. The van der Waals surface area contributed by atoms with Crippen molar-refractivity contribution in [1.29, 1.82) is 5.26 Å². The lowest BCUT2D eigenvalue weighted by Crippen LogP contribution is -2.12. The van der Waals surface area contributed by atoms with E-state index in [9.17, 15) is 5.26 Å². The lowest BCUT2D eigenvalue weighted by atomic mass is 10.0. The molecule has 1 aliphatic heterocycles. The van der Waals surface area contributed by atoms with Gasteiger partial charge in [0, 0.05) is 12.6 Å². The molecule has 0 bridgehead atoms. The van der Waals surface area contributed by atoms with Crippen LogP contribution in [0.2, 0.25) is 0 Å². The Kier molecular flexibility index (Phi) is 4.84. The van der Waals surface area contributed by atoms with Gasteiger partial charge < -0.3 is 4.74 Å². The van der Waals surface area contributed by atoms with Crippen LogP contribution in [0, 0.1) is 11.3 Å². The Balaban J connectivity index is 1.61. The lowest BCUT2D eigenvalue weighted by molar-refractivity contribution is 0.241. The largest absolute Gasteiger partial charge is 0.490 e. The SMILES string of the molecule is CC(C)Oc1ccc(C2SC(c3cccc4c3CCC4)=NN2C)cc1C#N. The number of benzene rings is 2. The zero-order valence-corrected chi connectivity index (χ0v) is 16.7. The number of hydrazone groups is 1. The highest BCUT2D eigenvalue weighted by Gasteiger charge is 2.30. The Labute approximate surface area is 164 Å². The average molecular weight is 378 g/mol. The minimum atomic E-state index is 0.0431. The molecule has 0 spiro atoms. The molecule has 0 fully saturated rings. The molecule has 0 saturated heterocycles. The predicted molar refractivity (Wildman–Crippen MR) is 110 cm³/mol. The number of fused-ring (bicyclic) bond motifs is 1. The van der Waals surface area contributed by atoms with E-state index in [-0.39, 0.29) is 11.5 Å². The van der Waals surface area contributed by atoms with Crippen molar-refractivity contribution < 1.29 is 4.74 Å². The summed E-state index contributed by atoms with van der Waals surface area (Å²) in [6, 6.07) is 14.7. The van der Waals surface area contributed by atoms with Gasteiger partial charge in [0.2, 0.25) is 0 Å². The van der Waals surface area contributed by atoms with E-state index in [2.05, 4.69) is 24.3 Å². The van der Waals surface area contributed by atoms with Crippen molar-refractivity contribution >= 4 is 16.8 Å². The summed E-state index contributed by atoms with van der Waals surface area (Å²) in [5, 5.41) is 17.5. The molecule has 1 unspecified atom stereocenters. The van der Waals surface area contributed by atoms with Crippen LogP contribution in [0.3, 0.4) is 0 Å². The van der Waals surface area contributed by atoms with Crippen molar-refractivity contribution in [3.8, 4) is 11.8 Å². The second kappa shape index (κ2) is 7.28. The number of hydrogen-bond acceptors (Lipinski definition) is 5. The topological polar surface area (TPSA) is 48.6 Å². The Hall–Kier alpha value is -2.45. The van der Waals surface area contributed by atoms with Gasteiger partial charge >= 0.3 is 0 Å². The molecular formula is C22H23N3OS. The zero-order valence-electron chi connectivity index (χ0n) is 15.9. The van der Waals surface area contributed by atoms with Crippen molar-refractivity contribution in [2.24, 2.45) is 5.10 Å². The maximum absolute atomic E-state index is 9.52. The molecule has 0 saturated carbocycles. The van der Waals surface area contributed by atoms with Gasteiger partial charge in [-0.3, -0.25) is 5.01 Å². The third-order valence-electron chi connectivity index (χ3n) is 4.96. The van der Waals surface area contributed by atoms with Crippen LogP contribution in [-0.2, 0) is 12.8 Å². The third-order valence-corrected chi connectivity index (χ3v) is 6.28. The number of hydrogen-bond donors (Lipinski definition) is 0. The normalized spacial score (nSPS) is 18.4. The highest BCUT2D eigenvalue weighted by molar-refractivity contribution is 8.14. The standard InChI is InChI=1S/C22H23N3OS/c1-14(2)26-20-11-10-16(12-17(20)13-23)22-25(3)24-21(27-22)19-9-5-7-15-6-4-8-18(15)19/h5,7,9-12,14,22H,4,6,8H2,1-3H3. The Morgan fingerprint density at radius 2 is 2.11 bits per heavy atom. The molecule has 1 atom stereocenters. The molecule has 1 aliphatic carbocycles. The fourth-order valence-corrected chi connectivity index (χ4v) is 4.96. The first-order valence-electron chi connectivity index (χ1n) is 9.36. The summed E-state index contributed by atoms with van der Waals surface area (Å²) in [5.41, 5.74) is 5.83. The van der Waals surface area contributed by atoms with Gasteiger partial charge in [0.25, 0.3) is 0 Å². The second-order valence-corrected chi connectivity index (χ2v) is 8.35. The quantitative estimate of drug-likeness (QED) is 0.762. The van der Waals surface area contributed by atoms with Crippen molar-refractivity contribution in [3.05, 3.63) is 64.2 Å². The van der Waals surface area contributed by atoms with Crippen LogP contribution in [0.1, 0.15) is 53.5 Å². The van der Waals surface area contributed by atoms with Gasteiger partial charge in [0.1, 0.15) is 22.2 Å². The van der Waals surface area contributed by atoms with E-state index in [1.807, 2.05) is 44.1 Å². The van der Waals surface area contributed by atoms with Crippen molar-refractivity contribution in [3.63, 3.8) is 0 Å². The van der Waals surface area contributed by atoms with E-state index in [0.717, 1.165) is 17.0 Å². The molecule has 0 N–H and O–H groups in total. The monoisotopic (exact) mass is 377 g/mol. The molecule has 138 valence electrons. The molecule has 0 aromatic heterocycles. The van der Waals surface area contributed by atoms with Crippen LogP contribution >= 0.6 is 11.8 Å². The van der Waals surface area contributed by atoms with Gasteiger partial charge in [-0.05, 0) is 61.9 Å². The van der Waals surface area contributed by atoms with Gasteiger partial charge in [-0.15, -0.1) is 0 Å². The smallest absolute Gasteiger partial charge is 0.137 e. The molecule has 27 heavy (non-hydrogen) atoms. The van der Waals surface area contributed by atoms with E-state index in [1.54, 1.807) is 11.8 Å². The molecule has 5 heteroatoms. The lowest BCUT2D eigenvalue weighted by Gasteiger charge is -2.19. The summed E-state index contributed by atoms with van der Waals surface area (Å²) in [6.45, 7) is 3.93. The predicted octanol–water partition coefficient (Wildman–Crippen LogP) is 4.87. The number of aryl methyl sites for hydroxylation is 1. The van der Waals surface area contributed by atoms with Crippen LogP contribution in [0.25, 0.3) is 0 Å². The summed E-state index contributed by atoms with van der Waals surface area (Å²) in [7, 11) is 2.00. The summed E-state index contributed by atoms with van der Waals surface area (Å²) >= 11 is 1.76. The summed E-state index contributed by atoms with van der Waals surface area (Å²) in [6.07, 6.45) is 3.58. The molecule has 2 aromatic rings. The maximum Gasteiger partial charge on any atom is 0.137 e. The van der Waals surface area contributed by atoms with Crippen molar-refractivity contribution in [2.45, 2.75) is 44.6 Å². The fourth-order valence-electron chi connectivity index (χ4n) is 3.77. The van der Waals surface area contributed by atoms with Gasteiger partial charge in [0.05, 0.1) is 11.7 Å². The van der Waals surface area contributed by atoms with E-state index in [0.29, 0.717) is 11.3 Å². The second-order valence-electron chi connectivity index (χ2n) is 7.28. The summed E-state index contributed by atoms with van der Waals surface area (Å²) < 4.78 is 5.75. The third kappa shape index (κ3) is 3.42. The first-order chi connectivity index (χ1) is 13.1. The zero-order chi connectivity index (χ0) is 19.0. The molecule has 2 aliphatic rings. The van der Waals surface area contributed by atoms with Crippen LogP contribution in [0.5, 0.6) is 5.75 Å². The number of nitriles is 1. The molecular weight excluding hydrogens is 354 g/mol. The first-order valence-corrected chi connectivity index (χ1v) is 10.2. The summed E-state index contributed by atoms with van der Waals surface area (Å²) in [5.74, 6) is 0.643.